The Balaban J connectivity index is 1.72. The topological polar surface area (TPSA) is 95.3 Å². The zero-order valence-corrected chi connectivity index (χ0v) is 23.1. The van der Waals surface area contributed by atoms with Gasteiger partial charge in [0, 0.05) is 11.4 Å². The maximum atomic E-state index is 12.8. The highest BCUT2D eigenvalue weighted by Gasteiger charge is 2.23. The van der Waals surface area contributed by atoms with E-state index in [1.807, 2.05) is 51.3 Å². The van der Waals surface area contributed by atoms with Gasteiger partial charge in [-0.05, 0) is 70.4 Å². The van der Waals surface area contributed by atoms with Crippen molar-refractivity contribution >= 4 is 40.0 Å². The summed E-state index contributed by atoms with van der Waals surface area (Å²) in [5.74, 6) is 0.822. The van der Waals surface area contributed by atoms with Crippen LogP contribution >= 0.6 is 23.1 Å². The van der Waals surface area contributed by atoms with Crippen LogP contribution in [0.3, 0.4) is 0 Å². The highest BCUT2D eigenvalue weighted by Crippen LogP contribution is 2.33. The summed E-state index contributed by atoms with van der Waals surface area (Å²) in [5, 5.41) is 12.6. The van der Waals surface area contributed by atoms with E-state index < -0.39 is 5.97 Å². The Bertz CT molecular complexity index is 1240. The summed E-state index contributed by atoms with van der Waals surface area (Å²) in [6.07, 6.45) is 1.40. The third-order valence-corrected chi connectivity index (χ3v) is 7.47. The molecule has 3 aromatic rings. The largest absolute Gasteiger partial charge is 0.483 e. The molecule has 2 heterocycles. The number of rotatable bonds is 11. The molecule has 10 heteroatoms. The molecule has 1 aromatic carbocycles. The van der Waals surface area contributed by atoms with Crippen LogP contribution in [0, 0.1) is 27.7 Å². The Hall–Kier alpha value is -3.11. The number of benzene rings is 1. The maximum absolute atomic E-state index is 12.8. The molecule has 0 radical (unpaired) electrons. The monoisotopic (exact) mass is 528 g/mol. The number of thiophene rings is 1. The highest BCUT2D eigenvalue weighted by molar-refractivity contribution is 7.99. The Morgan fingerprint density at radius 2 is 1.89 bits per heavy atom. The summed E-state index contributed by atoms with van der Waals surface area (Å²) in [6, 6.07) is 6.05. The van der Waals surface area contributed by atoms with Crippen molar-refractivity contribution in [1.82, 2.24) is 14.8 Å². The van der Waals surface area contributed by atoms with Crippen LogP contribution in [-0.2, 0) is 16.1 Å². The highest BCUT2D eigenvalue weighted by atomic mass is 32.2. The Labute approximate surface area is 220 Å². The fraction of sp³-hybridized carbons (Fsp3) is 0.385. The third-order valence-electron chi connectivity index (χ3n) is 5.38. The fourth-order valence-electron chi connectivity index (χ4n) is 3.72. The van der Waals surface area contributed by atoms with E-state index in [4.69, 9.17) is 9.47 Å². The van der Waals surface area contributed by atoms with Gasteiger partial charge < -0.3 is 14.8 Å². The minimum atomic E-state index is -0.435. The van der Waals surface area contributed by atoms with Gasteiger partial charge >= 0.3 is 5.97 Å². The van der Waals surface area contributed by atoms with E-state index in [9.17, 15) is 9.59 Å². The van der Waals surface area contributed by atoms with Crippen LogP contribution in [0.5, 0.6) is 5.75 Å². The van der Waals surface area contributed by atoms with Gasteiger partial charge in [0.05, 0.1) is 17.9 Å². The number of nitrogens with one attached hydrogen (secondary N) is 1. The van der Waals surface area contributed by atoms with Crippen LogP contribution in [0.2, 0.25) is 0 Å². The van der Waals surface area contributed by atoms with E-state index >= 15 is 0 Å². The van der Waals surface area contributed by atoms with Gasteiger partial charge in [-0.1, -0.05) is 23.9 Å². The van der Waals surface area contributed by atoms with Crippen molar-refractivity contribution in [2.75, 3.05) is 17.7 Å². The molecule has 1 unspecified atom stereocenters. The summed E-state index contributed by atoms with van der Waals surface area (Å²) in [5.41, 5.74) is 3.46. The lowest BCUT2D eigenvalue weighted by molar-refractivity contribution is -0.113. The van der Waals surface area contributed by atoms with E-state index in [1.54, 1.807) is 13.0 Å². The molecule has 0 aliphatic heterocycles. The molecular weight excluding hydrogens is 496 g/mol. The van der Waals surface area contributed by atoms with Crippen LogP contribution in [0.1, 0.15) is 57.7 Å². The summed E-state index contributed by atoms with van der Waals surface area (Å²) in [6.45, 7) is 16.1. The SMILES string of the molecule is C=CCn1c(SCC(=O)Nc2sc(C)c(C)c2C(=O)OCC)nnc1C(C)Oc1cc(C)cc(C)c1. The van der Waals surface area contributed by atoms with Gasteiger partial charge in [0.25, 0.3) is 0 Å². The second-order valence-electron chi connectivity index (χ2n) is 8.37. The number of ether oxygens (including phenoxy) is 2. The standard InChI is InChI=1S/C26H32N4O4S2/c1-8-10-30-23(18(6)34-20-12-15(3)11-16(4)13-20)28-29-26(30)35-14-21(31)27-24-22(25(32)33-9-2)17(5)19(7)36-24/h8,11-13,18H,1,9-10,14H2,2-7H3,(H,27,31). The van der Waals surface area contributed by atoms with Gasteiger partial charge in [0.1, 0.15) is 10.8 Å². The van der Waals surface area contributed by atoms with E-state index in [0.717, 1.165) is 27.3 Å². The average molecular weight is 529 g/mol. The number of nitrogens with zero attached hydrogens (tertiary/aromatic N) is 3. The van der Waals surface area contributed by atoms with Gasteiger partial charge in [0.15, 0.2) is 17.1 Å². The lowest BCUT2D eigenvalue weighted by Crippen LogP contribution is -2.17. The van der Waals surface area contributed by atoms with E-state index in [0.29, 0.717) is 28.1 Å². The molecule has 0 saturated carbocycles. The molecule has 36 heavy (non-hydrogen) atoms. The van der Waals surface area contributed by atoms with Crippen LogP contribution in [-0.4, -0.2) is 39.0 Å². The lowest BCUT2D eigenvalue weighted by Gasteiger charge is -2.16. The van der Waals surface area contributed by atoms with Crippen molar-refractivity contribution in [3.63, 3.8) is 0 Å². The molecule has 0 bridgehead atoms. The number of thioether (sulfide) groups is 1. The Morgan fingerprint density at radius 3 is 2.53 bits per heavy atom. The zero-order chi connectivity index (χ0) is 26.4. The van der Waals surface area contributed by atoms with Crippen LogP contribution in [0.15, 0.2) is 36.0 Å². The van der Waals surface area contributed by atoms with Crippen LogP contribution in [0.25, 0.3) is 0 Å². The van der Waals surface area contributed by atoms with Crippen molar-refractivity contribution in [2.24, 2.45) is 0 Å². The molecule has 0 aliphatic rings. The quantitative estimate of drug-likeness (QED) is 0.191. The molecule has 1 N–H and O–H groups in total. The number of carbonyl (C=O) groups is 2. The molecule has 1 amide bonds. The molecule has 0 spiro atoms. The number of hydrogen-bond acceptors (Lipinski definition) is 8. The Morgan fingerprint density at radius 1 is 1.19 bits per heavy atom. The predicted octanol–water partition coefficient (Wildman–Crippen LogP) is 5.81. The smallest absolute Gasteiger partial charge is 0.341 e. The van der Waals surface area contributed by atoms with Gasteiger partial charge in [-0.3, -0.25) is 9.36 Å². The second kappa shape index (κ2) is 12.2. The van der Waals surface area contributed by atoms with E-state index in [2.05, 4.69) is 28.2 Å². The molecule has 1 atom stereocenters. The van der Waals surface area contributed by atoms with E-state index in [-0.39, 0.29) is 24.4 Å². The normalized spacial score (nSPS) is 11.7. The fourth-order valence-corrected chi connectivity index (χ4v) is 5.54. The summed E-state index contributed by atoms with van der Waals surface area (Å²) < 4.78 is 13.2. The number of carbonyl (C=O) groups excluding carboxylic acids is 2. The molecule has 192 valence electrons. The van der Waals surface area contributed by atoms with Gasteiger partial charge in [-0.25, -0.2) is 4.79 Å². The third kappa shape index (κ3) is 6.55. The van der Waals surface area contributed by atoms with Crippen molar-refractivity contribution < 1.29 is 19.1 Å². The molecule has 3 rings (SSSR count). The second-order valence-corrected chi connectivity index (χ2v) is 10.5. The van der Waals surface area contributed by atoms with Crippen LogP contribution in [0.4, 0.5) is 5.00 Å². The molecule has 0 fully saturated rings. The number of aromatic nitrogens is 3. The first kappa shape index (κ1) is 27.5. The predicted molar refractivity (Wildman–Crippen MR) is 144 cm³/mol. The minimum Gasteiger partial charge on any atom is -0.483 e. The number of amides is 1. The Kier molecular flexibility index (Phi) is 9.33. The molecule has 8 nitrogen and oxygen atoms in total. The van der Waals surface area contributed by atoms with Crippen molar-refractivity contribution in [3.05, 3.63) is 63.8 Å². The summed E-state index contributed by atoms with van der Waals surface area (Å²) >= 11 is 2.62. The van der Waals surface area contributed by atoms with Crippen molar-refractivity contribution in [2.45, 2.75) is 59.3 Å². The molecule has 0 saturated heterocycles. The minimum absolute atomic E-state index is 0.0971. The zero-order valence-electron chi connectivity index (χ0n) is 21.5. The number of allylic oxidation sites excluding steroid dienone is 1. The first-order valence-corrected chi connectivity index (χ1v) is 13.4. The summed E-state index contributed by atoms with van der Waals surface area (Å²) in [7, 11) is 0. The van der Waals surface area contributed by atoms with Gasteiger partial charge in [-0.15, -0.1) is 28.1 Å². The van der Waals surface area contributed by atoms with Gasteiger partial charge in [-0.2, -0.15) is 0 Å². The van der Waals surface area contributed by atoms with Crippen molar-refractivity contribution in [1.29, 1.82) is 0 Å². The first-order chi connectivity index (χ1) is 17.1. The molecule has 0 aliphatic carbocycles. The maximum Gasteiger partial charge on any atom is 0.341 e. The summed E-state index contributed by atoms with van der Waals surface area (Å²) in [4.78, 5) is 26.1. The van der Waals surface area contributed by atoms with Crippen LogP contribution < -0.4 is 10.1 Å². The molecule has 2 aromatic heterocycles. The number of esters is 1. The number of hydrogen-bond donors (Lipinski definition) is 1. The first-order valence-electron chi connectivity index (χ1n) is 11.6. The van der Waals surface area contributed by atoms with Gasteiger partial charge in [0.2, 0.25) is 5.91 Å². The molecular formula is C26H32N4O4S2. The van der Waals surface area contributed by atoms with E-state index in [1.165, 1.54) is 23.1 Å². The number of aryl methyl sites for hydroxylation is 3. The number of anilines is 1. The van der Waals surface area contributed by atoms with Crippen molar-refractivity contribution in [3.8, 4) is 5.75 Å². The average Bonchev–Trinajstić information content (AvgIpc) is 3.32. The lowest BCUT2D eigenvalue weighted by atomic mass is 10.1.